The van der Waals surface area contributed by atoms with Crippen molar-refractivity contribution in [2.24, 2.45) is 14.1 Å². The number of fused-ring (bicyclic) bond motifs is 1. The highest BCUT2D eigenvalue weighted by molar-refractivity contribution is 5.73. The highest BCUT2D eigenvalue weighted by Crippen LogP contribution is 2.26. The molecule has 1 aliphatic rings. The predicted octanol–water partition coefficient (Wildman–Crippen LogP) is 1.07. The molecule has 0 aromatic carbocycles. The van der Waals surface area contributed by atoms with Gasteiger partial charge >= 0.3 is 18.2 Å². The molecule has 0 atom stereocenters. The van der Waals surface area contributed by atoms with Crippen molar-refractivity contribution >= 4 is 12.0 Å². The molecule has 3 rings (SSSR count). The number of amides is 2. The maximum Gasteiger partial charge on any atom is 0.490 e. The Hall–Kier alpha value is -3.09. The Morgan fingerprint density at radius 1 is 1.27 bits per heavy atom. The molecule has 3 heterocycles. The molecule has 2 N–H and O–H groups in total. The van der Waals surface area contributed by atoms with Gasteiger partial charge in [0.15, 0.2) is 0 Å². The van der Waals surface area contributed by atoms with Crippen LogP contribution in [0.4, 0.5) is 18.0 Å². The monoisotopic (exact) mass is 431 g/mol. The fraction of sp³-hybridized carbons (Fsp3) is 0.529. The topological polar surface area (TPSA) is 109 Å². The van der Waals surface area contributed by atoms with Crippen LogP contribution < -0.4 is 5.32 Å². The van der Waals surface area contributed by atoms with Gasteiger partial charge < -0.3 is 15.3 Å². The Labute approximate surface area is 170 Å². The first-order chi connectivity index (χ1) is 13.9. The number of halogens is 3. The van der Waals surface area contributed by atoms with E-state index < -0.39 is 12.1 Å². The van der Waals surface area contributed by atoms with Crippen LogP contribution in [0.5, 0.6) is 0 Å². The van der Waals surface area contributed by atoms with Gasteiger partial charge in [0, 0.05) is 65.1 Å². The average Bonchev–Trinajstić information content (AvgIpc) is 3.30. The van der Waals surface area contributed by atoms with Crippen molar-refractivity contribution < 1.29 is 27.9 Å². The van der Waals surface area contributed by atoms with E-state index in [-0.39, 0.29) is 6.03 Å². The van der Waals surface area contributed by atoms with Gasteiger partial charge in [-0.3, -0.25) is 14.3 Å². The number of hydrogen-bond acceptors (Lipinski definition) is 5. The lowest BCUT2D eigenvalue weighted by molar-refractivity contribution is -0.192. The van der Waals surface area contributed by atoms with Crippen LogP contribution in [-0.4, -0.2) is 66.7 Å². The Morgan fingerprint density at radius 3 is 2.40 bits per heavy atom. The second-order valence-electron chi connectivity index (χ2n) is 7.02. The molecule has 2 aromatic heterocycles. The van der Waals surface area contributed by atoms with E-state index in [1.54, 1.807) is 14.1 Å². The Bertz CT molecular complexity index is 905. The number of aryl methyl sites for hydroxylation is 2. The predicted molar refractivity (Wildman–Crippen MR) is 99.0 cm³/mol. The fourth-order valence-corrected chi connectivity index (χ4v) is 2.92. The molecule has 0 saturated heterocycles. The number of carboxylic acid groups (broad SMARTS) is 1. The van der Waals surface area contributed by atoms with Crippen molar-refractivity contribution in [2.45, 2.75) is 32.4 Å². The number of carboxylic acids is 1. The van der Waals surface area contributed by atoms with Crippen molar-refractivity contribution in [3.05, 3.63) is 34.9 Å². The summed E-state index contributed by atoms with van der Waals surface area (Å²) in [4.78, 5) is 24.5. The summed E-state index contributed by atoms with van der Waals surface area (Å²) in [6, 6.07) is -0.102. The minimum atomic E-state index is -5.08. The molecule has 0 bridgehead atoms. The zero-order chi connectivity index (χ0) is 22.6. The van der Waals surface area contributed by atoms with Crippen LogP contribution in [0, 0.1) is 0 Å². The second kappa shape index (κ2) is 9.15. The lowest BCUT2D eigenvalue weighted by atomic mass is 10.2. The highest BCUT2D eigenvalue weighted by Gasteiger charge is 2.38. The Kier molecular flexibility index (Phi) is 7.08. The van der Waals surface area contributed by atoms with Crippen LogP contribution in [0.25, 0.3) is 0 Å². The summed E-state index contributed by atoms with van der Waals surface area (Å²) in [5, 5.41) is 18.8. The van der Waals surface area contributed by atoms with Gasteiger partial charge in [0.1, 0.15) is 0 Å². The third-order valence-electron chi connectivity index (χ3n) is 4.33. The zero-order valence-corrected chi connectivity index (χ0v) is 17.1. The smallest absolute Gasteiger partial charge is 0.475 e. The van der Waals surface area contributed by atoms with Gasteiger partial charge in [0.05, 0.1) is 24.1 Å². The molecule has 2 amide bonds. The minimum absolute atomic E-state index is 0.102. The number of nitrogens with zero attached hydrogens (tertiary/aromatic N) is 6. The lowest BCUT2D eigenvalue weighted by Gasteiger charge is -2.15. The molecule has 30 heavy (non-hydrogen) atoms. The van der Waals surface area contributed by atoms with E-state index in [9.17, 15) is 18.0 Å². The molecule has 166 valence electrons. The van der Waals surface area contributed by atoms with Gasteiger partial charge in [0.25, 0.3) is 0 Å². The second-order valence-corrected chi connectivity index (χ2v) is 7.02. The number of carbonyl (C=O) groups excluding carboxylic acids is 1. The quantitative estimate of drug-likeness (QED) is 0.750. The summed E-state index contributed by atoms with van der Waals surface area (Å²) in [5.74, 6) is -2.76. The van der Waals surface area contributed by atoms with Crippen LogP contribution in [0.2, 0.25) is 0 Å². The Morgan fingerprint density at radius 2 is 1.90 bits per heavy atom. The van der Waals surface area contributed by atoms with E-state index >= 15 is 0 Å². The van der Waals surface area contributed by atoms with Crippen LogP contribution in [-0.2, 0) is 45.1 Å². The van der Waals surface area contributed by atoms with E-state index in [0.29, 0.717) is 6.54 Å². The summed E-state index contributed by atoms with van der Waals surface area (Å²) in [6.07, 6.45) is -1.14. The van der Waals surface area contributed by atoms with Crippen molar-refractivity contribution in [3.8, 4) is 0 Å². The number of alkyl halides is 3. The third kappa shape index (κ3) is 5.95. The molecule has 10 nitrogen and oxygen atoms in total. The molecule has 0 aliphatic carbocycles. The van der Waals surface area contributed by atoms with Gasteiger partial charge in [-0.25, -0.2) is 9.59 Å². The molecule has 0 spiro atoms. The van der Waals surface area contributed by atoms with Crippen LogP contribution in [0.3, 0.4) is 0 Å². The number of nitrogens with one attached hydrogen (secondary N) is 1. The van der Waals surface area contributed by atoms with Crippen molar-refractivity contribution in [3.63, 3.8) is 0 Å². The molecular weight excluding hydrogens is 407 g/mol. The summed E-state index contributed by atoms with van der Waals surface area (Å²) in [5.41, 5.74) is 4.61. The van der Waals surface area contributed by atoms with E-state index in [4.69, 9.17) is 9.90 Å². The molecule has 0 saturated carbocycles. The Balaban J connectivity index is 0.000000396. The van der Waals surface area contributed by atoms with Crippen molar-refractivity contribution in [1.82, 2.24) is 34.7 Å². The standard InChI is InChI=1S/C15H23N7O.C2HF3O2/c1-19(2)15(23)16-6-13-12-9-22(10-14(12)21(4)18-13)8-11-5-17-20(3)7-11;3-2(4,5)1(6)7/h5,7H,6,8-10H2,1-4H3,(H,16,23);(H,6,7). The van der Waals surface area contributed by atoms with Crippen LogP contribution in [0.1, 0.15) is 22.5 Å². The number of hydrogen-bond donors (Lipinski definition) is 2. The lowest BCUT2D eigenvalue weighted by Crippen LogP contribution is -2.34. The van der Waals surface area contributed by atoms with Gasteiger partial charge in [-0.2, -0.15) is 23.4 Å². The SMILES string of the molecule is CN(C)C(=O)NCc1nn(C)c2c1CN(Cc1cnn(C)c1)C2.O=C(O)C(F)(F)F. The molecule has 0 fully saturated rings. The van der Waals surface area contributed by atoms with E-state index in [1.165, 1.54) is 21.7 Å². The van der Waals surface area contributed by atoms with E-state index in [1.807, 2.05) is 35.9 Å². The maximum absolute atomic E-state index is 11.7. The summed E-state index contributed by atoms with van der Waals surface area (Å²) in [7, 11) is 7.35. The minimum Gasteiger partial charge on any atom is -0.475 e. The molecular formula is C17H24F3N7O3. The molecule has 13 heteroatoms. The first-order valence-electron chi connectivity index (χ1n) is 8.87. The van der Waals surface area contributed by atoms with Crippen molar-refractivity contribution in [2.75, 3.05) is 14.1 Å². The van der Waals surface area contributed by atoms with E-state index in [2.05, 4.69) is 20.4 Å². The third-order valence-corrected chi connectivity index (χ3v) is 4.33. The number of aromatic nitrogens is 4. The molecule has 1 aliphatic heterocycles. The highest BCUT2D eigenvalue weighted by atomic mass is 19.4. The average molecular weight is 431 g/mol. The maximum atomic E-state index is 11.7. The molecule has 0 radical (unpaired) electrons. The summed E-state index contributed by atoms with van der Waals surface area (Å²) < 4.78 is 35.5. The van der Waals surface area contributed by atoms with Gasteiger partial charge in [0.2, 0.25) is 0 Å². The first-order valence-corrected chi connectivity index (χ1v) is 8.87. The number of rotatable bonds is 4. The van der Waals surface area contributed by atoms with Crippen LogP contribution >= 0.6 is 0 Å². The molecule has 0 unspecified atom stereocenters. The van der Waals surface area contributed by atoms with E-state index in [0.717, 1.165) is 25.3 Å². The zero-order valence-electron chi connectivity index (χ0n) is 17.1. The van der Waals surface area contributed by atoms with Crippen molar-refractivity contribution in [1.29, 1.82) is 0 Å². The number of urea groups is 1. The number of aliphatic carboxylic acids is 1. The summed E-state index contributed by atoms with van der Waals surface area (Å²) in [6.45, 7) is 3.05. The van der Waals surface area contributed by atoms with Gasteiger partial charge in [-0.05, 0) is 0 Å². The van der Waals surface area contributed by atoms with Gasteiger partial charge in [-0.15, -0.1) is 0 Å². The largest absolute Gasteiger partial charge is 0.490 e. The first kappa shape index (κ1) is 23.2. The fourth-order valence-electron chi connectivity index (χ4n) is 2.92. The molecule has 2 aromatic rings. The van der Waals surface area contributed by atoms with Crippen LogP contribution in [0.15, 0.2) is 12.4 Å². The summed E-state index contributed by atoms with van der Waals surface area (Å²) >= 11 is 0. The number of carbonyl (C=O) groups is 2. The normalized spacial score (nSPS) is 13.4. The van der Waals surface area contributed by atoms with Gasteiger partial charge in [-0.1, -0.05) is 0 Å².